The van der Waals surface area contributed by atoms with Crippen molar-refractivity contribution in [2.24, 2.45) is 5.92 Å². The molecule has 2 aromatic carbocycles. The van der Waals surface area contributed by atoms with Gasteiger partial charge in [-0.1, -0.05) is 31.5 Å². The van der Waals surface area contributed by atoms with Crippen molar-refractivity contribution in [1.29, 1.82) is 0 Å². The van der Waals surface area contributed by atoms with Crippen molar-refractivity contribution in [1.82, 2.24) is 9.80 Å². The lowest BCUT2D eigenvalue weighted by atomic mass is 9.84. The molecule has 2 amide bonds. The predicted molar refractivity (Wildman–Crippen MR) is 165 cm³/mol. The predicted octanol–water partition coefficient (Wildman–Crippen LogP) is 3.79. The summed E-state index contributed by atoms with van der Waals surface area (Å²) in [7, 11) is 8.13. The molecule has 0 spiro atoms. The molecule has 43 heavy (non-hydrogen) atoms. The number of rotatable bonds is 13. The Bertz CT molecular complexity index is 1310. The summed E-state index contributed by atoms with van der Waals surface area (Å²) >= 11 is 0. The molecule has 3 atom stereocenters. The summed E-state index contributed by atoms with van der Waals surface area (Å²) in [5.74, 6) is -0.933. The fourth-order valence-electron chi connectivity index (χ4n) is 6.16. The molecule has 1 fully saturated rings. The normalized spacial score (nSPS) is 19.8. The molecule has 0 bridgehead atoms. The number of unbranched alkanes of at least 4 members (excludes halogenated alkanes) is 1. The van der Waals surface area contributed by atoms with Gasteiger partial charge in [0.1, 0.15) is 6.54 Å². The van der Waals surface area contributed by atoms with E-state index in [1.807, 2.05) is 40.1 Å². The Hall–Kier alpha value is -3.63. The highest BCUT2D eigenvalue weighted by Crippen LogP contribution is 2.42. The van der Waals surface area contributed by atoms with E-state index in [1.54, 1.807) is 11.9 Å². The van der Waals surface area contributed by atoms with Crippen molar-refractivity contribution in [2.45, 2.75) is 51.6 Å². The minimum absolute atomic E-state index is 0.0590. The lowest BCUT2D eigenvalue weighted by molar-refractivity contribution is -0.884. The number of benzene rings is 2. The third kappa shape index (κ3) is 8.06. The van der Waals surface area contributed by atoms with E-state index < -0.39 is 17.9 Å². The molecule has 234 valence electrons. The molecule has 0 saturated carbocycles. The van der Waals surface area contributed by atoms with E-state index in [2.05, 4.69) is 40.2 Å². The third-order valence-electron chi connectivity index (χ3n) is 8.41. The Morgan fingerprint density at radius 3 is 2.47 bits per heavy atom. The van der Waals surface area contributed by atoms with Crippen LogP contribution in [0.15, 0.2) is 42.5 Å². The molecule has 2 aliphatic heterocycles. The molecular weight excluding hydrogens is 548 g/mol. The number of hydrogen-bond donors (Lipinski definition) is 1. The van der Waals surface area contributed by atoms with Crippen LogP contribution in [0.3, 0.4) is 0 Å². The number of carbonyl (C=O) groups excluding carboxylic acids is 2. The second kappa shape index (κ2) is 13.8. The highest BCUT2D eigenvalue weighted by molar-refractivity contribution is 5.95. The maximum Gasteiger partial charge on any atom is 0.308 e. The Morgan fingerprint density at radius 2 is 1.79 bits per heavy atom. The Morgan fingerprint density at radius 1 is 1.05 bits per heavy atom. The van der Waals surface area contributed by atoms with Gasteiger partial charge >= 0.3 is 5.97 Å². The summed E-state index contributed by atoms with van der Waals surface area (Å²) in [6.45, 7) is 6.04. The van der Waals surface area contributed by atoms with E-state index in [0.29, 0.717) is 37.6 Å². The topological polar surface area (TPSA) is 99.6 Å². The number of carbonyl (C=O) groups is 3. The van der Waals surface area contributed by atoms with E-state index in [9.17, 15) is 19.5 Å². The Labute approximate surface area is 255 Å². The highest BCUT2D eigenvalue weighted by Gasteiger charge is 2.47. The number of anilines is 1. The van der Waals surface area contributed by atoms with Crippen LogP contribution in [0.25, 0.3) is 0 Å². The molecule has 0 radical (unpaired) electrons. The molecule has 0 aromatic heterocycles. The van der Waals surface area contributed by atoms with E-state index >= 15 is 0 Å². The van der Waals surface area contributed by atoms with Gasteiger partial charge in [-0.15, -0.1) is 0 Å². The maximum absolute atomic E-state index is 14.1. The van der Waals surface area contributed by atoms with Gasteiger partial charge in [-0.05, 0) is 42.7 Å². The first-order valence-electron chi connectivity index (χ1n) is 15.2. The molecule has 2 heterocycles. The second-order valence-electron chi connectivity index (χ2n) is 12.8. The molecule has 1 N–H and O–H groups in total. The van der Waals surface area contributed by atoms with Crippen LogP contribution < -0.4 is 14.4 Å². The van der Waals surface area contributed by atoms with E-state index in [1.165, 1.54) is 6.92 Å². The molecule has 10 heteroatoms. The number of carboxylic acid groups (broad SMARTS) is 1. The summed E-state index contributed by atoms with van der Waals surface area (Å²) in [5, 5.41) is 10.5. The number of aliphatic carboxylic acids is 1. The van der Waals surface area contributed by atoms with Crippen LogP contribution in [0.1, 0.15) is 50.2 Å². The van der Waals surface area contributed by atoms with Crippen molar-refractivity contribution in [3.05, 3.63) is 53.6 Å². The fraction of sp³-hybridized carbons (Fsp3) is 0.545. The molecule has 4 rings (SSSR count). The minimum atomic E-state index is -0.913. The standard InChI is InChI=1S/C33H46N4O6/c1-7-8-15-36(26-11-9-10-24(17-26)21-37(4,5)6)31(39)20-35-19-27(25-12-13-29-30(18-25)43-22-42-29)32(33(40)41)28(35)14-16-34(3)23(2)38/h9-13,17-18,27-28,32H,7-8,14-16,19-22H2,1-6H3/p+1/t27-,28+,32?/m1/s1. The van der Waals surface area contributed by atoms with Crippen molar-refractivity contribution >= 4 is 23.5 Å². The summed E-state index contributed by atoms with van der Waals surface area (Å²) in [5.41, 5.74) is 2.85. The van der Waals surface area contributed by atoms with Gasteiger partial charge in [0, 0.05) is 56.8 Å². The number of ether oxygens (including phenoxy) is 2. The smallest absolute Gasteiger partial charge is 0.308 e. The number of fused-ring (bicyclic) bond motifs is 1. The number of carboxylic acids is 1. The Kier molecular flexibility index (Phi) is 10.3. The first kappa shape index (κ1) is 32.3. The number of quaternary nitrogens is 1. The van der Waals surface area contributed by atoms with Crippen molar-refractivity contribution in [2.75, 3.05) is 66.1 Å². The summed E-state index contributed by atoms with van der Waals surface area (Å²) in [6, 6.07) is 13.3. The average Bonchev–Trinajstić information content (AvgIpc) is 3.55. The second-order valence-corrected chi connectivity index (χ2v) is 12.8. The third-order valence-corrected chi connectivity index (χ3v) is 8.41. The van der Waals surface area contributed by atoms with E-state index in [-0.39, 0.29) is 31.1 Å². The molecule has 1 saturated heterocycles. The lowest BCUT2D eigenvalue weighted by Crippen LogP contribution is -2.45. The molecule has 2 aromatic rings. The van der Waals surface area contributed by atoms with Crippen molar-refractivity contribution in [3.8, 4) is 11.5 Å². The first-order valence-corrected chi connectivity index (χ1v) is 15.2. The van der Waals surface area contributed by atoms with Gasteiger partial charge in [0.2, 0.25) is 18.6 Å². The van der Waals surface area contributed by atoms with E-state index in [4.69, 9.17) is 9.47 Å². The van der Waals surface area contributed by atoms with Gasteiger partial charge in [0.05, 0.1) is 33.6 Å². The van der Waals surface area contributed by atoms with Crippen LogP contribution in [-0.4, -0.2) is 104 Å². The van der Waals surface area contributed by atoms with Crippen LogP contribution >= 0.6 is 0 Å². The number of nitrogens with zero attached hydrogens (tertiary/aromatic N) is 4. The van der Waals surface area contributed by atoms with Crippen LogP contribution in [0.5, 0.6) is 11.5 Å². The molecular formula is C33H47N4O6+. The number of likely N-dealkylation sites (tertiary alicyclic amines) is 1. The van der Waals surface area contributed by atoms with Crippen LogP contribution in [0, 0.1) is 5.92 Å². The average molecular weight is 596 g/mol. The van der Waals surface area contributed by atoms with Crippen LogP contribution in [0.2, 0.25) is 0 Å². The molecule has 0 aliphatic carbocycles. The Balaban J connectivity index is 1.64. The van der Waals surface area contributed by atoms with Gasteiger partial charge in [-0.2, -0.15) is 0 Å². The zero-order valence-corrected chi connectivity index (χ0v) is 26.4. The molecule has 10 nitrogen and oxygen atoms in total. The van der Waals surface area contributed by atoms with Gasteiger partial charge in [0.15, 0.2) is 11.5 Å². The zero-order valence-electron chi connectivity index (χ0n) is 26.4. The lowest BCUT2D eigenvalue weighted by Gasteiger charge is -2.31. The zero-order chi connectivity index (χ0) is 31.3. The van der Waals surface area contributed by atoms with Crippen LogP contribution in [0.4, 0.5) is 5.69 Å². The maximum atomic E-state index is 14.1. The SMILES string of the molecule is CCCCN(C(=O)CN1C[C@H](c2ccc3c(c2)OCO3)C(C(=O)O)[C@@H]1CCN(C)C(C)=O)c1cccc(C[N+](C)(C)C)c1. The van der Waals surface area contributed by atoms with Gasteiger partial charge in [0.25, 0.3) is 0 Å². The molecule has 1 unspecified atom stereocenters. The largest absolute Gasteiger partial charge is 0.481 e. The first-order chi connectivity index (χ1) is 20.4. The summed E-state index contributed by atoms with van der Waals surface area (Å²) in [6.07, 6.45) is 2.24. The number of hydrogen-bond acceptors (Lipinski definition) is 6. The van der Waals surface area contributed by atoms with Gasteiger partial charge in [-0.25, -0.2) is 0 Å². The minimum Gasteiger partial charge on any atom is -0.481 e. The quantitative estimate of drug-likeness (QED) is 0.352. The van der Waals surface area contributed by atoms with E-state index in [0.717, 1.165) is 40.7 Å². The van der Waals surface area contributed by atoms with Crippen molar-refractivity contribution in [3.63, 3.8) is 0 Å². The van der Waals surface area contributed by atoms with Crippen molar-refractivity contribution < 1.29 is 33.4 Å². The summed E-state index contributed by atoms with van der Waals surface area (Å²) in [4.78, 5) is 44.4. The highest BCUT2D eigenvalue weighted by atomic mass is 16.7. The van der Waals surface area contributed by atoms with Gasteiger partial charge < -0.3 is 28.9 Å². The van der Waals surface area contributed by atoms with Crippen LogP contribution in [-0.2, 0) is 20.9 Å². The summed E-state index contributed by atoms with van der Waals surface area (Å²) < 4.78 is 11.8. The number of amides is 2. The fourth-order valence-corrected chi connectivity index (χ4v) is 6.16. The van der Waals surface area contributed by atoms with Gasteiger partial charge in [-0.3, -0.25) is 19.3 Å². The molecule has 2 aliphatic rings. The monoisotopic (exact) mass is 595 g/mol.